The average molecular weight is 170 g/mol. The van der Waals surface area contributed by atoms with E-state index in [0.717, 1.165) is 25.9 Å². The van der Waals surface area contributed by atoms with Gasteiger partial charge >= 0.3 is 0 Å². The van der Waals surface area contributed by atoms with E-state index in [9.17, 15) is 4.79 Å². The number of carbonyl (C=O) groups excluding carboxylic acids is 1. The van der Waals surface area contributed by atoms with Crippen LogP contribution in [0.1, 0.15) is 26.7 Å². The molecule has 3 heteroatoms. The van der Waals surface area contributed by atoms with Gasteiger partial charge < -0.3 is 10.6 Å². The third-order valence-corrected chi connectivity index (χ3v) is 2.10. The summed E-state index contributed by atoms with van der Waals surface area (Å²) in [5.41, 5.74) is 0. The molecule has 1 atom stereocenters. The average Bonchev–Trinajstić information content (AvgIpc) is 2.05. The van der Waals surface area contributed by atoms with Crippen molar-refractivity contribution in [1.29, 1.82) is 0 Å². The van der Waals surface area contributed by atoms with Crippen molar-refractivity contribution >= 4 is 5.91 Å². The lowest BCUT2D eigenvalue weighted by atomic mass is 9.98. The molecule has 1 aliphatic rings. The van der Waals surface area contributed by atoms with E-state index in [1.54, 1.807) is 0 Å². The second-order valence-electron chi connectivity index (χ2n) is 3.71. The van der Waals surface area contributed by atoms with Crippen molar-refractivity contribution in [3.05, 3.63) is 0 Å². The number of hydrogen-bond donors (Lipinski definition) is 2. The van der Waals surface area contributed by atoms with Crippen LogP contribution in [0.15, 0.2) is 0 Å². The van der Waals surface area contributed by atoms with Gasteiger partial charge in [-0.25, -0.2) is 0 Å². The van der Waals surface area contributed by atoms with E-state index in [4.69, 9.17) is 0 Å². The molecule has 0 aromatic carbocycles. The van der Waals surface area contributed by atoms with E-state index in [1.807, 2.05) is 13.8 Å². The monoisotopic (exact) mass is 170 g/mol. The molecular weight excluding hydrogens is 152 g/mol. The zero-order valence-corrected chi connectivity index (χ0v) is 7.89. The molecule has 3 nitrogen and oxygen atoms in total. The first-order valence-electron chi connectivity index (χ1n) is 4.71. The van der Waals surface area contributed by atoms with Gasteiger partial charge in [0.2, 0.25) is 5.91 Å². The van der Waals surface area contributed by atoms with Gasteiger partial charge in [-0.3, -0.25) is 4.79 Å². The second-order valence-corrected chi connectivity index (χ2v) is 3.71. The van der Waals surface area contributed by atoms with Gasteiger partial charge in [-0.2, -0.15) is 0 Å². The van der Waals surface area contributed by atoms with Crippen molar-refractivity contribution in [3.8, 4) is 0 Å². The summed E-state index contributed by atoms with van der Waals surface area (Å²) < 4.78 is 0. The van der Waals surface area contributed by atoms with Gasteiger partial charge in [-0.15, -0.1) is 0 Å². The fraction of sp³-hybridized carbons (Fsp3) is 0.889. The van der Waals surface area contributed by atoms with Crippen LogP contribution in [-0.4, -0.2) is 25.0 Å². The lowest BCUT2D eigenvalue weighted by molar-refractivity contribution is -0.125. The quantitative estimate of drug-likeness (QED) is 0.634. The summed E-state index contributed by atoms with van der Waals surface area (Å²) in [4.78, 5) is 11.5. The highest BCUT2D eigenvalue weighted by molar-refractivity contribution is 5.79. The Balaban J connectivity index is 2.30. The smallest absolute Gasteiger partial charge is 0.224 e. The molecular formula is C9H18N2O. The summed E-state index contributed by atoms with van der Waals surface area (Å²) in [5, 5.41) is 6.16. The van der Waals surface area contributed by atoms with E-state index >= 15 is 0 Å². The summed E-state index contributed by atoms with van der Waals surface area (Å²) in [6.45, 7) is 5.90. The van der Waals surface area contributed by atoms with Gasteiger partial charge in [0.25, 0.3) is 0 Å². The minimum absolute atomic E-state index is 0.196. The Morgan fingerprint density at radius 1 is 1.58 bits per heavy atom. The van der Waals surface area contributed by atoms with Gasteiger partial charge in [-0.05, 0) is 33.2 Å². The molecule has 0 radical (unpaired) electrons. The van der Waals surface area contributed by atoms with Crippen molar-refractivity contribution in [3.63, 3.8) is 0 Å². The summed E-state index contributed by atoms with van der Waals surface area (Å²) >= 11 is 0. The number of amides is 1. The van der Waals surface area contributed by atoms with Gasteiger partial charge in [-0.1, -0.05) is 0 Å². The van der Waals surface area contributed by atoms with Crippen molar-refractivity contribution in [2.45, 2.75) is 32.7 Å². The Morgan fingerprint density at radius 2 is 2.33 bits per heavy atom. The van der Waals surface area contributed by atoms with E-state index in [2.05, 4.69) is 10.6 Å². The highest BCUT2D eigenvalue weighted by atomic mass is 16.1. The van der Waals surface area contributed by atoms with Crippen LogP contribution in [0.4, 0.5) is 0 Å². The summed E-state index contributed by atoms with van der Waals surface area (Å²) in [6, 6.07) is 0.263. The molecule has 0 aromatic heterocycles. The highest BCUT2D eigenvalue weighted by Crippen LogP contribution is 2.09. The standard InChI is InChI=1S/C9H18N2O/c1-7(2)11-9(12)8-4-3-5-10-6-8/h7-8,10H,3-6H2,1-2H3,(H,11,12). The Hall–Kier alpha value is -0.570. The van der Waals surface area contributed by atoms with Crippen LogP contribution in [0.5, 0.6) is 0 Å². The number of nitrogens with one attached hydrogen (secondary N) is 2. The minimum atomic E-state index is 0.196. The Morgan fingerprint density at radius 3 is 2.83 bits per heavy atom. The SMILES string of the molecule is CC(C)NC(=O)C1CCCNC1. The van der Waals surface area contributed by atoms with Gasteiger partial charge in [0, 0.05) is 12.6 Å². The number of rotatable bonds is 2. The van der Waals surface area contributed by atoms with Crippen LogP contribution < -0.4 is 10.6 Å². The summed E-state index contributed by atoms with van der Waals surface area (Å²) in [7, 11) is 0. The van der Waals surface area contributed by atoms with Gasteiger partial charge in [0.1, 0.15) is 0 Å². The maximum atomic E-state index is 11.5. The fourth-order valence-corrected chi connectivity index (χ4v) is 1.48. The third-order valence-electron chi connectivity index (χ3n) is 2.10. The van der Waals surface area contributed by atoms with Crippen LogP contribution in [0, 0.1) is 5.92 Å². The Labute approximate surface area is 73.9 Å². The maximum absolute atomic E-state index is 11.5. The fourth-order valence-electron chi connectivity index (χ4n) is 1.48. The van der Waals surface area contributed by atoms with Crippen LogP contribution in [0.3, 0.4) is 0 Å². The molecule has 12 heavy (non-hydrogen) atoms. The molecule has 1 heterocycles. The molecule has 2 N–H and O–H groups in total. The largest absolute Gasteiger partial charge is 0.354 e. The van der Waals surface area contributed by atoms with Crippen LogP contribution in [0.25, 0.3) is 0 Å². The number of piperidine rings is 1. The number of hydrogen-bond acceptors (Lipinski definition) is 2. The zero-order chi connectivity index (χ0) is 8.97. The molecule has 1 fully saturated rings. The van der Waals surface area contributed by atoms with Gasteiger partial charge in [0.05, 0.1) is 5.92 Å². The third kappa shape index (κ3) is 2.81. The molecule has 0 aromatic rings. The first kappa shape index (κ1) is 9.52. The van der Waals surface area contributed by atoms with Crippen LogP contribution in [-0.2, 0) is 4.79 Å². The lowest BCUT2D eigenvalue weighted by Crippen LogP contribution is -2.42. The molecule has 0 spiro atoms. The normalized spacial score (nSPS) is 24.1. The molecule has 1 saturated heterocycles. The van der Waals surface area contributed by atoms with E-state index in [-0.39, 0.29) is 17.9 Å². The van der Waals surface area contributed by atoms with Crippen LogP contribution >= 0.6 is 0 Å². The van der Waals surface area contributed by atoms with Crippen LogP contribution in [0.2, 0.25) is 0 Å². The first-order valence-corrected chi connectivity index (χ1v) is 4.71. The topological polar surface area (TPSA) is 41.1 Å². The minimum Gasteiger partial charge on any atom is -0.354 e. The van der Waals surface area contributed by atoms with Gasteiger partial charge in [0.15, 0.2) is 0 Å². The lowest BCUT2D eigenvalue weighted by Gasteiger charge is -2.22. The summed E-state index contributed by atoms with van der Waals surface area (Å²) in [5.74, 6) is 0.401. The molecule has 1 aliphatic heterocycles. The van der Waals surface area contributed by atoms with Crippen molar-refractivity contribution in [1.82, 2.24) is 10.6 Å². The predicted molar refractivity (Wildman–Crippen MR) is 48.9 cm³/mol. The number of carbonyl (C=O) groups is 1. The van der Waals surface area contributed by atoms with Crippen molar-refractivity contribution < 1.29 is 4.79 Å². The molecule has 0 aliphatic carbocycles. The molecule has 0 bridgehead atoms. The Bertz CT molecular complexity index is 151. The van der Waals surface area contributed by atoms with E-state index in [0.29, 0.717) is 0 Å². The Kier molecular flexibility index (Phi) is 3.53. The van der Waals surface area contributed by atoms with E-state index < -0.39 is 0 Å². The molecule has 1 rings (SSSR count). The molecule has 1 amide bonds. The molecule has 1 unspecified atom stereocenters. The molecule has 0 saturated carbocycles. The maximum Gasteiger partial charge on any atom is 0.224 e. The van der Waals surface area contributed by atoms with E-state index in [1.165, 1.54) is 0 Å². The van der Waals surface area contributed by atoms with Crippen molar-refractivity contribution in [2.75, 3.05) is 13.1 Å². The predicted octanol–water partition coefficient (Wildman–Crippen LogP) is 0.511. The first-order chi connectivity index (χ1) is 5.70. The second kappa shape index (κ2) is 4.45. The van der Waals surface area contributed by atoms with Crippen molar-refractivity contribution in [2.24, 2.45) is 5.92 Å². The zero-order valence-electron chi connectivity index (χ0n) is 7.89. The molecule has 70 valence electrons. The highest BCUT2D eigenvalue weighted by Gasteiger charge is 2.20. The summed E-state index contributed by atoms with van der Waals surface area (Å²) in [6.07, 6.45) is 2.15.